The molecule has 4 nitrogen and oxygen atoms in total. The number of hydrogen-bond donors (Lipinski definition) is 2. The summed E-state index contributed by atoms with van der Waals surface area (Å²) in [7, 11) is 0. The van der Waals surface area contributed by atoms with Gasteiger partial charge in [0, 0.05) is 35.8 Å². The van der Waals surface area contributed by atoms with Gasteiger partial charge < -0.3 is 15.5 Å². The topological polar surface area (TPSA) is 44.4 Å². The van der Waals surface area contributed by atoms with Crippen LogP contribution in [0.15, 0.2) is 22.7 Å². The van der Waals surface area contributed by atoms with Crippen LogP contribution in [0.1, 0.15) is 33.3 Å². The van der Waals surface area contributed by atoms with Crippen molar-refractivity contribution in [2.75, 3.05) is 24.5 Å². The lowest BCUT2D eigenvalue weighted by molar-refractivity contribution is -0.119. The Morgan fingerprint density at radius 2 is 2.05 bits per heavy atom. The number of halogens is 1. The largest absolute Gasteiger partial charge is 0.362 e. The molecule has 0 atom stereocenters. The minimum absolute atomic E-state index is 0.0565. The van der Waals surface area contributed by atoms with Gasteiger partial charge in [-0.3, -0.25) is 4.79 Å². The molecule has 0 radical (unpaired) electrons. The molecule has 0 saturated heterocycles. The summed E-state index contributed by atoms with van der Waals surface area (Å²) in [5.41, 5.74) is 2.28. The van der Waals surface area contributed by atoms with Crippen LogP contribution in [0.25, 0.3) is 0 Å². The molecular formula is C16H26BrN3O. The third-order valence-electron chi connectivity index (χ3n) is 3.19. The van der Waals surface area contributed by atoms with Gasteiger partial charge >= 0.3 is 0 Å². The van der Waals surface area contributed by atoms with E-state index < -0.39 is 0 Å². The highest BCUT2D eigenvalue weighted by atomic mass is 79.9. The molecule has 0 aliphatic heterocycles. The Morgan fingerprint density at radius 1 is 1.33 bits per heavy atom. The van der Waals surface area contributed by atoms with E-state index in [4.69, 9.17) is 0 Å². The van der Waals surface area contributed by atoms with E-state index in [0.717, 1.165) is 23.2 Å². The molecule has 5 heteroatoms. The molecule has 0 spiro atoms. The molecule has 0 unspecified atom stereocenters. The number of carbonyl (C=O) groups is 1. The smallest absolute Gasteiger partial charge is 0.239 e. The summed E-state index contributed by atoms with van der Waals surface area (Å²) in [4.78, 5) is 13.8. The van der Waals surface area contributed by atoms with Crippen LogP contribution in [0.2, 0.25) is 0 Å². The van der Waals surface area contributed by atoms with Crippen molar-refractivity contribution in [2.24, 2.45) is 0 Å². The lowest BCUT2D eigenvalue weighted by Gasteiger charge is -2.23. The molecule has 0 aliphatic rings. The van der Waals surface area contributed by atoms with Gasteiger partial charge in [0.2, 0.25) is 5.91 Å². The highest BCUT2D eigenvalue weighted by Crippen LogP contribution is 2.24. The van der Waals surface area contributed by atoms with E-state index in [1.54, 1.807) is 0 Å². The predicted octanol–water partition coefficient (Wildman–Crippen LogP) is 2.91. The van der Waals surface area contributed by atoms with Gasteiger partial charge in [-0.05, 0) is 31.5 Å². The molecule has 0 saturated carbocycles. The van der Waals surface area contributed by atoms with E-state index in [1.165, 1.54) is 5.56 Å². The molecule has 21 heavy (non-hydrogen) atoms. The van der Waals surface area contributed by atoms with Crippen molar-refractivity contribution in [1.82, 2.24) is 10.6 Å². The Balaban J connectivity index is 2.77. The summed E-state index contributed by atoms with van der Waals surface area (Å²) in [5, 5.41) is 6.24. The third kappa shape index (κ3) is 6.06. The summed E-state index contributed by atoms with van der Waals surface area (Å²) in [5.74, 6) is 0.0565. The van der Waals surface area contributed by atoms with Gasteiger partial charge in [0.15, 0.2) is 0 Å². The zero-order valence-corrected chi connectivity index (χ0v) is 15.0. The van der Waals surface area contributed by atoms with Gasteiger partial charge in [0.25, 0.3) is 0 Å². The SMILES string of the molecule is CCNC(=O)CN(CC)c1ccc(CNC(C)C)c(Br)c1. The number of anilines is 1. The zero-order chi connectivity index (χ0) is 15.8. The minimum atomic E-state index is 0.0565. The number of nitrogens with zero attached hydrogens (tertiary/aromatic N) is 1. The van der Waals surface area contributed by atoms with Crippen LogP contribution < -0.4 is 15.5 Å². The first-order valence-electron chi connectivity index (χ1n) is 7.51. The maximum Gasteiger partial charge on any atom is 0.239 e. The summed E-state index contributed by atoms with van der Waals surface area (Å²) in [6, 6.07) is 6.72. The van der Waals surface area contributed by atoms with E-state index in [2.05, 4.69) is 70.4 Å². The highest BCUT2D eigenvalue weighted by Gasteiger charge is 2.11. The Bertz CT molecular complexity index is 463. The highest BCUT2D eigenvalue weighted by molar-refractivity contribution is 9.10. The fraction of sp³-hybridized carbons (Fsp3) is 0.562. The maximum absolute atomic E-state index is 11.7. The van der Waals surface area contributed by atoms with Crippen molar-refractivity contribution in [1.29, 1.82) is 0 Å². The minimum Gasteiger partial charge on any atom is -0.362 e. The first-order chi connectivity index (χ1) is 9.97. The first-order valence-corrected chi connectivity index (χ1v) is 8.30. The molecule has 0 aliphatic carbocycles. The van der Waals surface area contributed by atoms with Crippen molar-refractivity contribution in [3.63, 3.8) is 0 Å². The normalized spacial score (nSPS) is 10.8. The van der Waals surface area contributed by atoms with Crippen LogP contribution in [0.5, 0.6) is 0 Å². The van der Waals surface area contributed by atoms with Crippen molar-refractivity contribution >= 4 is 27.5 Å². The Hall–Kier alpha value is -1.07. The van der Waals surface area contributed by atoms with Crippen molar-refractivity contribution in [2.45, 2.75) is 40.3 Å². The third-order valence-corrected chi connectivity index (χ3v) is 3.93. The fourth-order valence-corrected chi connectivity index (χ4v) is 2.51. The molecule has 2 N–H and O–H groups in total. The number of benzene rings is 1. The van der Waals surface area contributed by atoms with Crippen molar-refractivity contribution in [3.8, 4) is 0 Å². The van der Waals surface area contributed by atoms with Crippen molar-refractivity contribution < 1.29 is 4.79 Å². The molecule has 1 aromatic rings. The summed E-state index contributed by atoms with van der Waals surface area (Å²) in [6.45, 7) is 10.9. The molecule has 0 heterocycles. The molecule has 0 fully saturated rings. The van der Waals surface area contributed by atoms with Gasteiger partial charge in [0.1, 0.15) is 0 Å². The molecule has 0 aromatic heterocycles. The number of likely N-dealkylation sites (N-methyl/N-ethyl adjacent to an activating group) is 2. The molecular weight excluding hydrogens is 330 g/mol. The van der Waals surface area contributed by atoms with Crippen LogP contribution in [0.4, 0.5) is 5.69 Å². The second-order valence-electron chi connectivity index (χ2n) is 5.28. The quantitative estimate of drug-likeness (QED) is 0.753. The number of amides is 1. The molecule has 1 rings (SSSR count). The Kier molecular flexibility index (Phi) is 7.75. The number of rotatable bonds is 8. The summed E-state index contributed by atoms with van der Waals surface area (Å²) < 4.78 is 1.07. The van der Waals surface area contributed by atoms with E-state index >= 15 is 0 Å². The average Bonchev–Trinajstić information content (AvgIpc) is 2.43. The lowest BCUT2D eigenvalue weighted by atomic mass is 10.2. The average molecular weight is 356 g/mol. The molecule has 1 amide bonds. The maximum atomic E-state index is 11.7. The number of nitrogens with one attached hydrogen (secondary N) is 2. The van der Waals surface area contributed by atoms with Gasteiger partial charge in [-0.15, -0.1) is 0 Å². The van der Waals surface area contributed by atoms with Crippen LogP contribution >= 0.6 is 15.9 Å². The second-order valence-corrected chi connectivity index (χ2v) is 6.13. The fourth-order valence-electron chi connectivity index (χ4n) is 2.00. The summed E-state index contributed by atoms with van der Waals surface area (Å²) >= 11 is 3.62. The Morgan fingerprint density at radius 3 is 2.57 bits per heavy atom. The van der Waals surface area contributed by atoms with Crippen LogP contribution in [-0.2, 0) is 11.3 Å². The standard InChI is InChI=1S/C16H26BrN3O/c1-5-18-16(21)11-20(6-2)14-8-7-13(15(17)9-14)10-19-12(3)4/h7-9,12,19H,5-6,10-11H2,1-4H3,(H,18,21). The van der Waals surface area contributed by atoms with E-state index in [-0.39, 0.29) is 5.91 Å². The van der Waals surface area contributed by atoms with Crippen LogP contribution in [0, 0.1) is 0 Å². The zero-order valence-electron chi connectivity index (χ0n) is 13.4. The van der Waals surface area contributed by atoms with E-state index in [1.807, 2.05) is 6.92 Å². The number of hydrogen-bond acceptors (Lipinski definition) is 3. The van der Waals surface area contributed by atoms with Crippen molar-refractivity contribution in [3.05, 3.63) is 28.2 Å². The number of carbonyl (C=O) groups excluding carboxylic acids is 1. The molecule has 118 valence electrons. The monoisotopic (exact) mass is 355 g/mol. The second kappa shape index (κ2) is 9.05. The van der Waals surface area contributed by atoms with Gasteiger partial charge in [-0.2, -0.15) is 0 Å². The van der Waals surface area contributed by atoms with Gasteiger partial charge in [0.05, 0.1) is 6.54 Å². The predicted molar refractivity (Wildman–Crippen MR) is 92.7 cm³/mol. The lowest BCUT2D eigenvalue weighted by Crippen LogP contribution is -2.37. The van der Waals surface area contributed by atoms with Crippen LogP contribution in [0.3, 0.4) is 0 Å². The van der Waals surface area contributed by atoms with Gasteiger partial charge in [-0.25, -0.2) is 0 Å². The Labute approximate surface area is 136 Å². The first kappa shape index (κ1) is 18.0. The van der Waals surface area contributed by atoms with Crippen LogP contribution in [-0.4, -0.2) is 31.6 Å². The summed E-state index contributed by atoms with van der Waals surface area (Å²) in [6.07, 6.45) is 0. The molecule has 1 aromatic carbocycles. The molecule has 0 bridgehead atoms. The van der Waals surface area contributed by atoms with E-state index in [0.29, 0.717) is 19.1 Å². The van der Waals surface area contributed by atoms with Gasteiger partial charge in [-0.1, -0.05) is 35.8 Å². The van der Waals surface area contributed by atoms with E-state index in [9.17, 15) is 4.79 Å².